The molecule has 5 nitrogen and oxygen atoms in total. The SMILES string of the molecule is CC(C)(CO)n1c(N)nc2cccc(C#N)c21. The lowest BCUT2D eigenvalue weighted by Crippen LogP contribution is -2.31. The van der Waals surface area contributed by atoms with E-state index in [-0.39, 0.29) is 6.61 Å². The molecule has 5 heteroatoms. The van der Waals surface area contributed by atoms with Gasteiger partial charge in [0.1, 0.15) is 6.07 Å². The van der Waals surface area contributed by atoms with Gasteiger partial charge >= 0.3 is 0 Å². The number of aliphatic hydroxyl groups excluding tert-OH is 1. The molecule has 0 saturated carbocycles. The normalized spacial score (nSPS) is 11.6. The van der Waals surface area contributed by atoms with Gasteiger partial charge in [0, 0.05) is 0 Å². The van der Waals surface area contributed by atoms with Crippen molar-refractivity contribution in [2.45, 2.75) is 19.4 Å². The molecule has 88 valence electrons. The second-order valence-electron chi connectivity index (χ2n) is 4.56. The van der Waals surface area contributed by atoms with Crippen LogP contribution < -0.4 is 5.73 Å². The predicted molar refractivity (Wildman–Crippen MR) is 65.3 cm³/mol. The standard InChI is InChI=1S/C12H14N4O/c1-12(2,7-17)16-10-8(6-13)4-3-5-9(10)15-11(16)14/h3-5,17H,7H2,1-2H3,(H2,14,15). The number of nitrogens with zero attached hydrogens (tertiary/aromatic N) is 3. The number of benzene rings is 1. The topological polar surface area (TPSA) is 87.9 Å². The molecular weight excluding hydrogens is 216 g/mol. The smallest absolute Gasteiger partial charge is 0.201 e. The van der Waals surface area contributed by atoms with Crippen molar-refractivity contribution < 1.29 is 5.11 Å². The highest BCUT2D eigenvalue weighted by molar-refractivity contribution is 5.84. The summed E-state index contributed by atoms with van der Waals surface area (Å²) in [6.45, 7) is 3.61. The van der Waals surface area contributed by atoms with Gasteiger partial charge in [-0.15, -0.1) is 0 Å². The molecule has 1 heterocycles. The molecule has 1 aromatic carbocycles. The lowest BCUT2D eigenvalue weighted by molar-refractivity contribution is 0.169. The maximum absolute atomic E-state index is 9.43. The largest absolute Gasteiger partial charge is 0.394 e. The van der Waals surface area contributed by atoms with Gasteiger partial charge in [-0.3, -0.25) is 0 Å². The predicted octanol–water partition coefficient (Wildman–Crippen LogP) is 1.22. The van der Waals surface area contributed by atoms with Gasteiger partial charge in [-0.05, 0) is 26.0 Å². The number of aliphatic hydroxyl groups is 1. The minimum Gasteiger partial charge on any atom is -0.394 e. The molecule has 0 radical (unpaired) electrons. The Kier molecular flexibility index (Phi) is 2.52. The van der Waals surface area contributed by atoms with Gasteiger partial charge in [0.2, 0.25) is 5.95 Å². The molecular formula is C12H14N4O. The molecule has 0 spiro atoms. The average molecular weight is 230 g/mol. The fourth-order valence-electron chi connectivity index (χ4n) is 1.92. The first kappa shape index (κ1) is 11.4. The number of hydrogen-bond acceptors (Lipinski definition) is 4. The van der Waals surface area contributed by atoms with Crippen LogP contribution in [-0.4, -0.2) is 21.3 Å². The summed E-state index contributed by atoms with van der Waals surface area (Å²) in [5.74, 6) is 0.307. The summed E-state index contributed by atoms with van der Waals surface area (Å²) in [4.78, 5) is 4.21. The quantitative estimate of drug-likeness (QED) is 0.811. The number of imidazole rings is 1. The van der Waals surface area contributed by atoms with E-state index in [0.29, 0.717) is 22.5 Å². The number of hydrogen-bond donors (Lipinski definition) is 2. The van der Waals surface area contributed by atoms with Crippen LogP contribution in [0.15, 0.2) is 18.2 Å². The van der Waals surface area contributed by atoms with E-state index >= 15 is 0 Å². The number of nitrogen functional groups attached to an aromatic ring is 1. The summed E-state index contributed by atoms with van der Waals surface area (Å²) in [7, 11) is 0. The summed E-state index contributed by atoms with van der Waals surface area (Å²) < 4.78 is 1.71. The Labute approximate surface area is 99.1 Å². The molecule has 1 aromatic heterocycles. The van der Waals surface area contributed by atoms with Crippen LogP contribution in [0.25, 0.3) is 11.0 Å². The zero-order valence-electron chi connectivity index (χ0n) is 9.81. The number of anilines is 1. The van der Waals surface area contributed by atoms with Gasteiger partial charge in [-0.1, -0.05) is 6.07 Å². The van der Waals surface area contributed by atoms with Gasteiger partial charge in [0.05, 0.1) is 28.7 Å². The maximum atomic E-state index is 9.43. The third kappa shape index (κ3) is 1.63. The Bertz CT molecular complexity index is 607. The maximum Gasteiger partial charge on any atom is 0.201 e. The molecule has 0 unspecified atom stereocenters. The van der Waals surface area contributed by atoms with Crippen molar-refractivity contribution in [2.75, 3.05) is 12.3 Å². The van der Waals surface area contributed by atoms with Gasteiger partial charge < -0.3 is 15.4 Å². The molecule has 0 amide bonds. The van der Waals surface area contributed by atoms with E-state index in [1.165, 1.54) is 0 Å². The van der Waals surface area contributed by atoms with Crippen LogP contribution >= 0.6 is 0 Å². The van der Waals surface area contributed by atoms with Crippen molar-refractivity contribution in [3.8, 4) is 6.07 Å². The first-order valence-corrected chi connectivity index (χ1v) is 5.29. The van der Waals surface area contributed by atoms with Gasteiger partial charge in [0.15, 0.2) is 0 Å². The Morgan fingerprint density at radius 1 is 1.53 bits per heavy atom. The molecule has 0 atom stereocenters. The highest BCUT2D eigenvalue weighted by atomic mass is 16.3. The van der Waals surface area contributed by atoms with Crippen molar-refractivity contribution in [2.24, 2.45) is 0 Å². The average Bonchev–Trinajstić information content (AvgIpc) is 2.65. The van der Waals surface area contributed by atoms with Gasteiger partial charge in [-0.25, -0.2) is 4.98 Å². The Balaban J connectivity index is 2.88. The van der Waals surface area contributed by atoms with Crippen molar-refractivity contribution >= 4 is 17.0 Å². The number of fused-ring (bicyclic) bond motifs is 1. The summed E-state index contributed by atoms with van der Waals surface area (Å²) in [6.07, 6.45) is 0. The van der Waals surface area contributed by atoms with Crippen LogP contribution in [0.5, 0.6) is 0 Å². The zero-order chi connectivity index (χ0) is 12.6. The van der Waals surface area contributed by atoms with Crippen LogP contribution in [0.3, 0.4) is 0 Å². The second kappa shape index (κ2) is 3.75. The summed E-state index contributed by atoms with van der Waals surface area (Å²) in [6, 6.07) is 7.41. The Morgan fingerprint density at radius 3 is 2.82 bits per heavy atom. The van der Waals surface area contributed by atoms with Crippen LogP contribution in [0, 0.1) is 11.3 Å². The number of aromatic nitrogens is 2. The fourth-order valence-corrected chi connectivity index (χ4v) is 1.92. The number of para-hydroxylation sites is 1. The number of nitriles is 1. The summed E-state index contributed by atoms with van der Waals surface area (Å²) in [5, 5.41) is 18.5. The molecule has 3 N–H and O–H groups in total. The minimum atomic E-state index is -0.591. The number of nitrogens with two attached hydrogens (primary N) is 1. The van der Waals surface area contributed by atoms with E-state index in [1.807, 2.05) is 13.8 Å². The second-order valence-corrected chi connectivity index (χ2v) is 4.56. The zero-order valence-corrected chi connectivity index (χ0v) is 9.81. The molecule has 0 aliphatic heterocycles. The van der Waals surface area contributed by atoms with E-state index in [1.54, 1.807) is 22.8 Å². The third-order valence-corrected chi connectivity index (χ3v) is 2.82. The van der Waals surface area contributed by atoms with E-state index in [9.17, 15) is 5.11 Å². The minimum absolute atomic E-state index is 0.0809. The fraction of sp³-hybridized carbons (Fsp3) is 0.333. The Morgan fingerprint density at radius 2 is 2.24 bits per heavy atom. The van der Waals surface area contributed by atoms with Crippen LogP contribution in [0.1, 0.15) is 19.4 Å². The first-order valence-electron chi connectivity index (χ1n) is 5.29. The summed E-state index contributed by atoms with van der Waals surface area (Å²) in [5.41, 5.74) is 7.13. The number of rotatable bonds is 2. The van der Waals surface area contributed by atoms with E-state index in [4.69, 9.17) is 11.0 Å². The highest BCUT2D eigenvalue weighted by Crippen LogP contribution is 2.28. The molecule has 0 aliphatic rings. The van der Waals surface area contributed by atoms with Crippen molar-refractivity contribution in [1.82, 2.24) is 9.55 Å². The van der Waals surface area contributed by atoms with E-state index in [2.05, 4.69) is 11.1 Å². The first-order chi connectivity index (χ1) is 8.01. The van der Waals surface area contributed by atoms with Crippen molar-refractivity contribution in [3.63, 3.8) is 0 Å². The lowest BCUT2D eigenvalue weighted by atomic mass is 10.1. The van der Waals surface area contributed by atoms with E-state index in [0.717, 1.165) is 0 Å². The van der Waals surface area contributed by atoms with Crippen LogP contribution in [0.2, 0.25) is 0 Å². The monoisotopic (exact) mass is 230 g/mol. The molecule has 0 bridgehead atoms. The molecule has 0 fully saturated rings. The van der Waals surface area contributed by atoms with Gasteiger partial charge in [0.25, 0.3) is 0 Å². The van der Waals surface area contributed by atoms with Crippen LogP contribution in [0.4, 0.5) is 5.95 Å². The van der Waals surface area contributed by atoms with E-state index < -0.39 is 5.54 Å². The molecule has 2 rings (SSSR count). The molecule has 17 heavy (non-hydrogen) atoms. The lowest BCUT2D eigenvalue weighted by Gasteiger charge is -2.26. The van der Waals surface area contributed by atoms with Crippen molar-refractivity contribution in [3.05, 3.63) is 23.8 Å². The molecule has 2 aromatic rings. The third-order valence-electron chi connectivity index (χ3n) is 2.82. The Hall–Kier alpha value is -2.06. The van der Waals surface area contributed by atoms with Crippen LogP contribution in [-0.2, 0) is 5.54 Å². The summed E-state index contributed by atoms with van der Waals surface area (Å²) >= 11 is 0. The van der Waals surface area contributed by atoms with Crippen molar-refractivity contribution in [1.29, 1.82) is 5.26 Å². The van der Waals surface area contributed by atoms with Gasteiger partial charge in [-0.2, -0.15) is 5.26 Å². The molecule has 0 saturated heterocycles. The highest BCUT2D eigenvalue weighted by Gasteiger charge is 2.25. The molecule has 0 aliphatic carbocycles.